The quantitative estimate of drug-likeness (QED) is 0.688. The second-order valence-electron chi connectivity index (χ2n) is 4.75. The summed E-state index contributed by atoms with van der Waals surface area (Å²) in [6, 6.07) is 0.887. The highest BCUT2D eigenvalue weighted by Gasteiger charge is 2.25. The van der Waals surface area contributed by atoms with Crippen molar-refractivity contribution in [2.45, 2.75) is 45.1 Å². The number of likely N-dealkylation sites (tertiary alicyclic amines) is 1. The monoisotopic (exact) mass is 197 g/mol. The van der Waals surface area contributed by atoms with Crippen LogP contribution in [0.15, 0.2) is 0 Å². The molecule has 2 fully saturated rings. The summed E-state index contributed by atoms with van der Waals surface area (Å²) >= 11 is 0. The first-order valence-electron chi connectivity index (χ1n) is 6.22. The van der Waals surface area contributed by atoms with E-state index in [1.54, 1.807) is 0 Å². The SMILES string of the molecule is CCC1CCCN1CC1CCOCC1. The Hall–Kier alpha value is -0.0800. The predicted octanol–water partition coefficient (Wildman–Crippen LogP) is 2.29. The van der Waals surface area contributed by atoms with Gasteiger partial charge in [0.2, 0.25) is 0 Å². The Bertz CT molecular complexity index is 166. The Morgan fingerprint density at radius 1 is 1.21 bits per heavy atom. The van der Waals surface area contributed by atoms with Crippen molar-refractivity contribution < 1.29 is 4.74 Å². The van der Waals surface area contributed by atoms with Gasteiger partial charge in [-0.2, -0.15) is 0 Å². The fraction of sp³-hybridized carbons (Fsp3) is 1.00. The molecule has 0 N–H and O–H groups in total. The Morgan fingerprint density at radius 2 is 2.00 bits per heavy atom. The second kappa shape index (κ2) is 5.13. The molecule has 2 rings (SSSR count). The number of hydrogen-bond acceptors (Lipinski definition) is 2. The minimum absolute atomic E-state index is 0.887. The summed E-state index contributed by atoms with van der Waals surface area (Å²) in [6.45, 7) is 7.00. The Morgan fingerprint density at radius 3 is 2.71 bits per heavy atom. The van der Waals surface area contributed by atoms with Crippen LogP contribution >= 0.6 is 0 Å². The minimum Gasteiger partial charge on any atom is -0.381 e. The molecule has 0 bridgehead atoms. The lowest BCUT2D eigenvalue weighted by Crippen LogP contribution is -2.35. The van der Waals surface area contributed by atoms with E-state index < -0.39 is 0 Å². The zero-order chi connectivity index (χ0) is 9.80. The van der Waals surface area contributed by atoms with Gasteiger partial charge in [0, 0.05) is 25.8 Å². The fourth-order valence-corrected chi connectivity index (χ4v) is 2.86. The molecule has 2 heteroatoms. The van der Waals surface area contributed by atoms with E-state index in [-0.39, 0.29) is 0 Å². The summed E-state index contributed by atoms with van der Waals surface area (Å²) < 4.78 is 5.40. The molecule has 0 spiro atoms. The topological polar surface area (TPSA) is 12.5 Å². The molecule has 0 aromatic heterocycles. The zero-order valence-electron chi connectivity index (χ0n) is 9.37. The minimum atomic E-state index is 0.887. The highest BCUT2D eigenvalue weighted by Crippen LogP contribution is 2.24. The van der Waals surface area contributed by atoms with Gasteiger partial charge >= 0.3 is 0 Å². The van der Waals surface area contributed by atoms with E-state index in [0.717, 1.165) is 25.2 Å². The van der Waals surface area contributed by atoms with Crippen LogP contribution in [0.1, 0.15) is 39.0 Å². The van der Waals surface area contributed by atoms with Gasteiger partial charge in [-0.25, -0.2) is 0 Å². The average molecular weight is 197 g/mol. The van der Waals surface area contributed by atoms with E-state index in [9.17, 15) is 0 Å². The lowest BCUT2D eigenvalue weighted by Gasteiger charge is -2.30. The van der Waals surface area contributed by atoms with Crippen LogP contribution in [0, 0.1) is 5.92 Å². The molecular formula is C12H23NO. The first-order valence-corrected chi connectivity index (χ1v) is 6.22. The molecule has 0 amide bonds. The van der Waals surface area contributed by atoms with Crippen LogP contribution in [0.2, 0.25) is 0 Å². The van der Waals surface area contributed by atoms with Crippen LogP contribution in [0.25, 0.3) is 0 Å². The van der Waals surface area contributed by atoms with E-state index in [2.05, 4.69) is 11.8 Å². The fourth-order valence-electron chi connectivity index (χ4n) is 2.86. The molecular weight excluding hydrogens is 174 g/mol. The molecule has 2 aliphatic rings. The third kappa shape index (κ3) is 2.48. The molecule has 0 aliphatic carbocycles. The molecule has 0 aromatic rings. The Labute approximate surface area is 87.6 Å². The van der Waals surface area contributed by atoms with Gasteiger partial charge < -0.3 is 9.64 Å². The first-order chi connectivity index (χ1) is 6.90. The lowest BCUT2D eigenvalue weighted by molar-refractivity contribution is 0.0505. The summed E-state index contributed by atoms with van der Waals surface area (Å²) in [7, 11) is 0. The van der Waals surface area contributed by atoms with Crippen LogP contribution in [0.3, 0.4) is 0 Å². The molecule has 82 valence electrons. The summed E-state index contributed by atoms with van der Waals surface area (Å²) in [6.07, 6.45) is 6.75. The van der Waals surface area contributed by atoms with E-state index in [4.69, 9.17) is 4.74 Å². The van der Waals surface area contributed by atoms with Gasteiger partial charge in [0.1, 0.15) is 0 Å². The maximum Gasteiger partial charge on any atom is 0.0469 e. The maximum absolute atomic E-state index is 5.40. The van der Waals surface area contributed by atoms with Gasteiger partial charge in [0.15, 0.2) is 0 Å². The van der Waals surface area contributed by atoms with Gasteiger partial charge in [-0.1, -0.05) is 6.92 Å². The highest BCUT2D eigenvalue weighted by molar-refractivity contribution is 4.80. The van der Waals surface area contributed by atoms with Crippen molar-refractivity contribution in [2.75, 3.05) is 26.3 Å². The maximum atomic E-state index is 5.40. The standard InChI is InChI=1S/C12H23NO/c1-2-12-4-3-7-13(12)10-11-5-8-14-9-6-11/h11-12H,2-10H2,1H3. The van der Waals surface area contributed by atoms with Gasteiger partial charge in [-0.3, -0.25) is 0 Å². The van der Waals surface area contributed by atoms with E-state index in [0.29, 0.717) is 0 Å². The van der Waals surface area contributed by atoms with Crippen LogP contribution in [0.4, 0.5) is 0 Å². The molecule has 0 radical (unpaired) electrons. The third-order valence-corrected chi connectivity index (χ3v) is 3.80. The summed E-state index contributed by atoms with van der Waals surface area (Å²) in [4.78, 5) is 2.72. The van der Waals surface area contributed by atoms with Gasteiger partial charge in [-0.15, -0.1) is 0 Å². The number of ether oxygens (including phenoxy) is 1. The largest absolute Gasteiger partial charge is 0.381 e. The van der Waals surface area contributed by atoms with Crippen LogP contribution in [0.5, 0.6) is 0 Å². The van der Waals surface area contributed by atoms with E-state index in [1.807, 2.05) is 0 Å². The van der Waals surface area contributed by atoms with Crippen molar-refractivity contribution in [1.82, 2.24) is 4.90 Å². The van der Waals surface area contributed by atoms with Gasteiger partial charge in [0.05, 0.1) is 0 Å². The highest BCUT2D eigenvalue weighted by atomic mass is 16.5. The Balaban J connectivity index is 1.77. The van der Waals surface area contributed by atoms with E-state index in [1.165, 1.54) is 45.2 Å². The molecule has 2 saturated heterocycles. The molecule has 1 atom stereocenters. The van der Waals surface area contributed by atoms with Crippen molar-refractivity contribution in [3.05, 3.63) is 0 Å². The first kappa shape index (κ1) is 10.4. The molecule has 0 saturated carbocycles. The van der Waals surface area contributed by atoms with Crippen LogP contribution < -0.4 is 0 Å². The van der Waals surface area contributed by atoms with Crippen molar-refractivity contribution in [3.8, 4) is 0 Å². The van der Waals surface area contributed by atoms with Gasteiger partial charge in [0.25, 0.3) is 0 Å². The summed E-state index contributed by atoms with van der Waals surface area (Å²) in [5.74, 6) is 0.913. The van der Waals surface area contributed by atoms with Gasteiger partial charge in [-0.05, 0) is 44.6 Å². The second-order valence-corrected chi connectivity index (χ2v) is 4.75. The van der Waals surface area contributed by atoms with E-state index >= 15 is 0 Å². The normalized spacial score (nSPS) is 31.1. The predicted molar refractivity (Wildman–Crippen MR) is 58.4 cm³/mol. The van der Waals surface area contributed by atoms with Crippen molar-refractivity contribution in [1.29, 1.82) is 0 Å². The molecule has 0 aromatic carbocycles. The van der Waals surface area contributed by atoms with Crippen molar-refractivity contribution in [2.24, 2.45) is 5.92 Å². The number of nitrogens with zero attached hydrogens (tertiary/aromatic N) is 1. The van der Waals surface area contributed by atoms with Crippen LogP contribution in [-0.2, 0) is 4.74 Å². The average Bonchev–Trinajstić information content (AvgIpc) is 2.67. The zero-order valence-corrected chi connectivity index (χ0v) is 9.37. The third-order valence-electron chi connectivity index (χ3n) is 3.80. The summed E-state index contributed by atoms with van der Waals surface area (Å²) in [5, 5.41) is 0. The van der Waals surface area contributed by atoms with Crippen molar-refractivity contribution in [3.63, 3.8) is 0 Å². The molecule has 2 nitrogen and oxygen atoms in total. The molecule has 1 unspecified atom stereocenters. The Kier molecular flexibility index (Phi) is 3.82. The van der Waals surface area contributed by atoms with Crippen molar-refractivity contribution >= 4 is 0 Å². The van der Waals surface area contributed by atoms with Crippen LogP contribution in [-0.4, -0.2) is 37.2 Å². The smallest absolute Gasteiger partial charge is 0.0469 e. The molecule has 2 aliphatic heterocycles. The lowest BCUT2D eigenvalue weighted by atomic mass is 9.99. The number of rotatable bonds is 3. The summed E-state index contributed by atoms with van der Waals surface area (Å²) in [5.41, 5.74) is 0. The number of hydrogen-bond donors (Lipinski definition) is 0. The molecule has 2 heterocycles. The molecule has 14 heavy (non-hydrogen) atoms.